The topological polar surface area (TPSA) is 126 Å². The minimum absolute atomic E-state index is 0.0692. The predicted octanol–water partition coefficient (Wildman–Crippen LogP) is 3.99. The van der Waals surface area contributed by atoms with Crippen molar-refractivity contribution in [3.8, 4) is 5.75 Å². The molecule has 0 bridgehead atoms. The van der Waals surface area contributed by atoms with E-state index in [1.165, 1.54) is 24.4 Å². The Hall–Kier alpha value is -4.83. The molecule has 0 saturated carbocycles. The molecule has 1 aliphatic heterocycles. The Bertz CT molecular complexity index is 1530. The quantitative estimate of drug-likeness (QED) is 0.361. The van der Waals surface area contributed by atoms with Gasteiger partial charge in [-0.3, -0.25) is 19.4 Å². The number of nitrogens with one attached hydrogen (secondary N) is 2. The fourth-order valence-corrected chi connectivity index (χ4v) is 4.50. The molecule has 0 radical (unpaired) electrons. The Labute approximate surface area is 229 Å². The summed E-state index contributed by atoms with van der Waals surface area (Å²) in [6, 6.07) is 16.0. The van der Waals surface area contributed by atoms with Crippen LogP contribution in [-0.4, -0.2) is 50.7 Å². The molecule has 0 spiro atoms. The minimum Gasteiger partial charge on any atom is -0.495 e. The lowest BCUT2D eigenvalue weighted by Crippen LogP contribution is -2.46. The number of benzene rings is 1. The maximum absolute atomic E-state index is 13.7. The average molecular weight is 543 g/mol. The standard InChI is InChI=1S/C28H23ClN6O4/c1-39-19-8-10-24(32-15-19)33-26(36)20-9-7-17(13-22(20)29)16-35-23(14-18-5-2-3-11-30-18)27(37)34-25-21(28(35)38)6-4-12-31-25/h2-13,15,23H,14,16H2,1H3,(H,31,34,37)(H,32,33,36). The fourth-order valence-electron chi connectivity index (χ4n) is 4.21. The SMILES string of the molecule is COc1ccc(NC(=O)c2ccc(CN3C(=O)c4cccnc4NC(=O)C3Cc3ccccn3)cc2Cl)nc1. The van der Waals surface area contributed by atoms with Crippen LogP contribution < -0.4 is 15.4 Å². The van der Waals surface area contributed by atoms with Gasteiger partial charge in [0.25, 0.3) is 11.8 Å². The van der Waals surface area contributed by atoms with Gasteiger partial charge in [0.2, 0.25) is 5.91 Å². The molecule has 3 aromatic heterocycles. The van der Waals surface area contributed by atoms with Gasteiger partial charge < -0.3 is 20.3 Å². The van der Waals surface area contributed by atoms with Gasteiger partial charge in [0.15, 0.2) is 0 Å². The van der Waals surface area contributed by atoms with E-state index < -0.39 is 11.9 Å². The third kappa shape index (κ3) is 5.70. The number of carbonyl (C=O) groups is 3. The molecule has 1 atom stereocenters. The van der Waals surface area contributed by atoms with Crippen molar-refractivity contribution in [2.24, 2.45) is 0 Å². The molecular weight excluding hydrogens is 520 g/mol. The highest BCUT2D eigenvalue weighted by Gasteiger charge is 2.36. The minimum atomic E-state index is -0.857. The number of anilines is 2. The summed E-state index contributed by atoms with van der Waals surface area (Å²) in [5, 5.41) is 5.66. The molecule has 0 saturated heterocycles. The summed E-state index contributed by atoms with van der Waals surface area (Å²) in [5.41, 5.74) is 1.81. The van der Waals surface area contributed by atoms with E-state index in [4.69, 9.17) is 16.3 Å². The van der Waals surface area contributed by atoms with Gasteiger partial charge in [0, 0.05) is 31.1 Å². The molecule has 3 amide bonds. The number of hydrogen-bond donors (Lipinski definition) is 2. The van der Waals surface area contributed by atoms with Crippen molar-refractivity contribution in [2.75, 3.05) is 17.7 Å². The monoisotopic (exact) mass is 542 g/mol. The Morgan fingerprint density at radius 2 is 1.90 bits per heavy atom. The zero-order valence-electron chi connectivity index (χ0n) is 20.8. The summed E-state index contributed by atoms with van der Waals surface area (Å²) in [6.45, 7) is 0.0692. The first-order valence-corrected chi connectivity index (χ1v) is 12.4. The van der Waals surface area contributed by atoms with Gasteiger partial charge in [0.1, 0.15) is 23.4 Å². The van der Waals surface area contributed by atoms with Gasteiger partial charge in [-0.15, -0.1) is 0 Å². The number of rotatable bonds is 7. The Morgan fingerprint density at radius 3 is 2.62 bits per heavy atom. The van der Waals surface area contributed by atoms with Crippen LogP contribution >= 0.6 is 11.6 Å². The number of fused-ring (bicyclic) bond motifs is 1. The van der Waals surface area contributed by atoms with E-state index in [2.05, 4.69) is 25.6 Å². The van der Waals surface area contributed by atoms with Gasteiger partial charge in [0.05, 0.1) is 29.5 Å². The second-order valence-corrected chi connectivity index (χ2v) is 9.12. The van der Waals surface area contributed by atoms with Gasteiger partial charge in [-0.25, -0.2) is 9.97 Å². The van der Waals surface area contributed by atoms with Crippen molar-refractivity contribution in [3.63, 3.8) is 0 Å². The van der Waals surface area contributed by atoms with Crippen LogP contribution in [0.25, 0.3) is 0 Å². The van der Waals surface area contributed by atoms with Gasteiger partial charge in [-0.2, -0.15) is 0 Å². The Morgan fingerprint density at radius 1 is 1.05 bits per heavy atom. The summed E-state index contributed by atoms with van der Waals surface area (Å²) in [7, 11) is 1.53. The molecule has 4 aromatic rings. The van der Waals surface area contributed by atoms with Crippen LogP contribution in [0, 0.1) is 0 Å². The van der Waals surface area contributed by atoms with Crippen LogP contribution in [0.3, 0.4) is 0 Å². The van der Waals surface area contributed by atoms with Crippen molar-refractivity contribution in [2.45, 2.75) is 19.0 Å². The third-order valence-electron chi connectivity index (χ3n) is 6.19. The number of aromatic nitrogens is 3. The molecule has 0 fully saturated rings. The first-order valence-electron chi connectivity index (χ1n) is 12.0. The number of pyridine rings is 3. The lowest BCUT2D eigenvalue weighted by atomic mass is 10.0. The second kappa shape index (κ2) is 11.3. The van der Waals surface area contributed by atoms with E-state index in [1.807, 2.05) is 6.07 Å². The smallest absolute Gasteiger partial charge is 0.258 e. The molecule has 1 unspecified atom stereocenters. The Balaban J connectivity index is 1.41. The first kappa shape index (κ1) is 25.8. The van der Waals surface area contributed by atoms with Crippen molar-refractivity contribution in [3.05, 3.63) is 107 Å². The normalized spacial score (nSPS) is 14.7. The summed E-state index contributed by atoms with van der Waals surface area (Å²) in [5.74, 6) is -0.0687. The van der Waals surface area contributed by atoms with Crippen LogP contribution in [0.1, 0.15) is 32.0 Å². The number of amides is 3. The van der Waals surface area contributed by atoms with Crippen molar-refractivity contribution < 1.29 is 19.1 Å². The molecule has 0 aliphatic carbocycles. The lowest BCUT2D eigenvalue weighted by Gasteiger charge is -2.28. The highest BCUT2D eigenvalue weighted by atomic mass is 35.5. The van der Waals surface area contributed by atoms with Crippen LogP contribution in [-0.2, 0) is 17.8 Å². The maximum Gasteiger partial charge on any atom is 0.258 e. The molecule has 4 heterocycles. The fraction of sp³-hybridized carbons (Fsp3) is 0.143. The lowest BCUT2D eigenvalue weighted by molar-refractivity contribution is -0.120. The maximum atomic E-state index is 13.7. The number of halogens is 1. The summed E-state index contributed by atoms with van der Waals surface area (Å²) in [4.78, 5) is 53.9. The van der Waals surface area contributed by atoms with E-state index in [0.717, 1.165) is 0 Å². The van der Waals surface area contributed by atoms with Crippen LogP contribution in [0.2, 0.25) is 5.02 Å². The molecular formula is C28H23ClN6O4. The highest BCUT2D eigenvalue weighted by molar-refractivity contribution is 6.34. The molecule has 10 nitrogen and oxygen atoms in total. The van der Waals surface area contributed by atoms with E-state index in [9.17, 15) is 14.4 Å². The summed E-state index contributed by atoms with van der Waals surface area (Å²) in [6.07, 6.45) is 4.84. The number of hydrogen-bond acceptors (Lipinski definition) is 7. The summed E-state index contributed by atoms with van der Waals surface area (Å²) >= 11 is 6.50. The largest absolute Gasteiger partial charge is 0.495 e. The first-order chi connectivity index (χ1) is 18.9. The van der Waals surface area contributed by atoms with Crippen molar-refractivity contribution in [1.29, 1.82) is 0 Å². The molecule has 1 aliphatic rings. The second-order valence-electron chi connectivity index (χ2n) is 8.71. The van der Waals surface area contributed by atoms with E-state index in [-0.39, 0.29) is 46.7 Å². The highest BCUT2D eigenvalue weighted by Crippen LogP contribution is 2.26. The van der Waals surface area contributed by atoms with Crippen LogP contribution in [0.5, 0.6) is 5.75 Å². The zero-order valence-corrected chi connectivity index (χ0v) is 21.6. The van der Waals surface area contributed by atoms with Crippen molar-refractivity contribution >= 4 is 41.0 Å². The van der Waals surface area contributed by atoms with E-state index >= 15 is 0 Å². The van der Waals surface area contributed by atoms with Gasteiger partial charge in [-0.1, -0.05) is 23.7 Å². The van der Waals surface area contributed by atoms with E-state index in [0.29, 0.717) is 22.8 Å². The molecule has 2 N–H and O–H groups in total. The average Bonchev–Trinajstić information content (AvgIpc) is 3.04. The number of carbonyl (C=O) groups excluding carboxylic acids is 3. The number of methoxy groups -OCH3 is 1. The molecule has 1 aromatic carbocycles. The molecule has 11 heteroatoms. The molecule has 196 valence electrons. The van der Waals surface area contributed by atoms with Gasteiger partial charge >= 0.3 is 0 Å². The Kier molecular flexibility index (Phi) is 7.46. The zero-order chi connectivity index (χ0) is 27.4. The number of ether oxygens (including phenoxy) is 1. The molecule has 39 heavy (non-hydrogen) atoms. The third-order valence-corrected chi connectivity index (χ3v) is 6.51. The van der Waals surface area contributed by atoms with Gasteiger partial charge in [-0.05, 0) is 54.1 Å². The van der Waals surface area contributed by atoms with Crippen LogP contribution in [0.4, 0.5) is 11.6 Å². The van der Waals surface area contributed by atoms with E-state index in [1.54, 1.807) is 60.8 Å². The molecule has 5 rings (SSSR count). The predicted molar refractivity (Wildman–Crippen MR) is 145 cm³/mol. The van der Waals surface area contributed by atoms with Crippen LogP contribution in [0.15, 0.2) is 79.3 Å². The summed E-state index contributed by atoms with van der Waals surface area (Å²) < 4.78 is 5.08. The van der Waals surface area contributed by atoms with Crippen molar-refractivity contribution in [1.82, 2.24) is 19.9 Å². The number of nitrogens with zero attached hydrogens (tertiary/aromatic N) is 4.